The molecule has 0 unspecified atom stereocenters. The van der Waals surface area contributed by atoms with Gasteiger partial charge in [0.05, 0.1) is 4.92 Å². The largest absolute Gasteiger partial charge is 0.483 e. The van der Waals surface area contributed by atoms with Gasteiger partial charge >= 0.3 is 0 Å². The fourth-order valence-electron chi connectivity index (χ4n) is 1.70. The van der Waals surface area contributed by atoms with Crippen molar-refractivity contribution in [2.75, 3.05) is 0 Å². The number of hydrogen-bond acceptors (Lipinski definition) is 4. The highest BCUT2D eigenvalue weighted by atomic mass is 19.1. The standard InChI is InChI=1S/C14H9F2NO4/c15-12-5-10(7-18)6-13(16)14(12)21-8-9-2-1-3-11(4-9)17(19)20/h1-7H,8H2. The van der Waals surface area contributed by atoms with Crippen LogP contribution in [0.1, 0.15) is 15.9 Å². The van der Waals surface area contributed by atoms with E-state index in [4.69, 9.17) is 4.74 Å². The fraction of sp³-hybridized carbons (Fsp3) is 0.0714. The lowest BCUT2D eigenvalue weighted by Gasteiger charge is -2.08. The van der Waals surface area contributed by atoms with Gasteiger partial charge in [0.25, 0.3) is 5.69 Å². The minimum atomic E-state index is -1.01. The van der Waals surface area contributed by atoms with Gasteiger partial charge in [-0.1, -0.05) is 12.1 Å². The molecule has 2 aromatic rings. The van der Waals surface area contributed by atoms with E-state index in [0.717, 1.165) is 12.1 Å². The van der Waals surface area contributed by atoms with E-state index >= 15 is 0 Å². The molecule has 0 amide bonds. The lowest BCUT2D eigenvalue weighted by molar-refractivity contribution is -0.384. The van der Waals surface area contributed by atoms with Crippen molar-refractivity contribution in [3.63, 3.8) is 0 Å². The first-order valence-electron chi connectivity index (χ1n) is 5.81. The van der Waals surface area contributed by atoms with Crippen LogP contribution in [0.4, 0.5) is 14.5 Å². The van der Waals surface area contributed by atoms with Gasteiger partial charge in [-0.25, -0.2) is 8.78 Å². The van der Waals surface area contributed by atoms with Crippen molar-refractivity contribution in [3.05, 3.63) is 69.3 Å². The van der Waals surface area contributed by atoms with Gasteiger partial charge in [0.15, 0.2) is 17.4 Å². The van der Waals surface area contributed by atoms with Crippen molar-refractivity contribution in [1.82, 2.24) is 0 Å². The van der Waals surface area contributed by atoms with E-state index in [9.17, 15) is 23.7 Å². The highest BCUT2D eigenvalue weighted by Gasteiger charge is 2.13. The molecule has 7 heteroatoms. The Labute approximate surface area is 117 Å². The third kappa shape index (κ3) is 3.38. The molecule has 0 saturated heterocycles. The molecule has 0 aromatic heterocycles. The SMILES string of the molecule is O=Cc1cc(F)c(OCc2cccc([N+](=O)[O-])c2)c(F)c1. The number of nitro groups is 1. The Kier molecular flexibility index (Phi) is 4.22. The molecule has 0 saturated carbocycles. The molecule has 108 valence electrons. The number of nitro benzene ring substituents is 1. The maximum absolute atomic E-state index is 13.6. The second-order valence-corrected chi connectivity index (χ2v) is 4.15. The number of carbonyl (C=O) groups is 1. The van der Waals surface area contributed by atoms with Crippen LogP contribution in [0.5, 0.6) is 5.75 Å². The van der Waals surface area contributed by atoms with E-state index in [1.54, 1.807) is 0 Å². The minimum Gasteiger partial charge on any atom is -0.483 e. The van der Waals surface area contributed by atoms with Gasteiger partial charge in [0.1, 0.15) is 12.9 Å². The Hall–Kier alpha value is -2.83. The monoisotopic (exact) mass is 293 g/mol. The molecule has 0 heterocycles. The van der Waals surface area contributed by atoms with E-state index in [2.05, 4.69) is 0 Å². The molecule has 21 heavy (non-hydrogen) atoms. The van der Waals surface area contributed by atoms with Gasteiger partial charge in [-0.2, -0.15) is 0 Å². The number of non-ortho nitro benzene ring substituents is 1. The van der Waals surface area contributed by atoms with Crippen molar-refractivity contribution >= 4 is 12.0 Å². The van der Waals surface area contributed by atoms with Crippen LogP contribution in [0.2, 0.25) is 0 Å². The fourth-order valence-corrected chi connectivity index (χ4v) is 1.70. The number of ether oxygens (including phenoxy) is 1. The normalized spacial score (nSPS) is 10.2. The second kappa shape index (κ2) is 6.08. The lowest BCUT2D eigenvalue weighted by atomic mass is 10.2. The molecule has 0 aliphatic carbocycles. The van der Waals surface area contributed by atoms with Gasteiger partial charge in [0.2, 0.25) is 0 Å². The number of nitrogens with zero attached hydrogens (tertiary/aromatic N) is 1. The predicted molar refractivity (Wildman–Crippen MR) is 69.2 cm³/mol. The highest BCUT2D eigenvalue weighted by molar-refractivity contribution is 5.75. The van der Waals surface area contributed by atoms with E-state index in [-0.39, 0.29) is 17.9 Å². The summed E-state index contributed by atoms with van der Waals surface area (Å²) in [6, 6.07) is 7.21. The zero-order valence-electron chi connectivity index (χ0n) is 10.6. The van der Waals surface area contributed by atoms with Gasteiger partial charge in [0, 0.05) is 17.7 Å². The summed E-state index contributed by atoms with van der Waals surface area (Å²) in [6.07, 6.45) is 0.316. The molecule has 0 bridgehead atoms. The third-order valence-corrected chi connectivity index (χ3v) is 2.66. The number of benzene rings is 2. The van der Waals surface area contributed by atoms with Crippen molar-refractivity contribution in [3.8, 4) is 5.75 Å². The molecule has 0 atom stereocenters. The van der Waals surface area contributed by atoms with Crippen molar-refractivity contribution < 1.29 is 23.2 Å². The number of hydrogen-bond donors (Lipinski definition) is 0. The molecule has 0 N–H and O–H groups in total. The molecule has 0 aliphatic rings. The summed E-state index contributed by atoms with van der Waals surface area (Å²) in [5, 5.41) is 10.6. The summed E-state index contributed by atoms with van der Waals surface area (Å²) < 4.78 is 32.2. The minimum absolute atomic E-state index is 0.145. The van der Waals surface area contributed by atoms with Crippen LogP contribution in [0.3, 0.4) is 0 Å². The van der Waals surface area contributed by atoms with Crippen LogP contribution < -0.4 is 4.74 Å². The quantitative estimate of drug-likeness (QED) is 0.482. The van der Waals surface area contributed by atoms with E-state index in [1.165, 1.54) is 24.3 Å². The van der Waals surface area contributed by atoms with Gasteiger partial charge in [-0.3, -0.25) is 14.9 Å². The maximum Gasteiger partial charge on any atom is 0.269 e. The van der Waals surface area contributed by atoms with Gasteiger partial charge < -0.3 is 4.74 Å². The molecule has 2 aromatic carbocycles. The lowest BCUT2D eigenvalue weighted by Crippen LogP contribution is -2.01. The summed E-state index contributed by atoms with van der Waals surface area (Å²) in [5.74, 6) is -2.66. The van der Waals surface area contributed by atoms with Crippen molar-refractivity contribution in [1.29, 1.82) is 0 Å². The van der Waals surface area contributed by atoms with Crippen LogP contribution in [0.15, 0.2) is 36.4 Å². The van der Waals surface area contributed by atoms with E-state index < -0.39 is 22.3 Å². The summed E-state index contributed by atoms with van der Waals surface area (Å²) in [6.45, 7) is -0.240. The molecular weight excluding hydrogens is 284 g/mol. The average Bonchev–Trinajstić information content (AvgIpc) is 2.46. The van der Waals surface area contributed by atoms with Gasteiger partial charge in [-0.15, -0.1) is 0 Å². The van der Waals surface area contributed by atoms with Crippen LogP contribution in [-0.2, 0) is 6.61 Å². The predicted octanol–water partition coefficient (Wildman–Crippen LogP) is 3.26. The Morgan fingerprint density at radius 1 is 1.19 bits per heavy atom. The Balaban J connectivity index is 2.18. The number of rotatable bonds is 5. The molecule has 0 fully saturated rings. The van der Waals surface area contributed by atoms with E-state index in [0.29, 0.717) is 11.8 Å². The average molecular weight is 293 g/mol. The maximum atomic E-state index is 13.6. The summed E-state index contributed by atoms with van der Waals surface area (Å²) in [7, 11) is 0. The van der Waals surface area contributed by atoms with Crippen LogP contribution >= 0.6 is 0 Å². The first-order valence-corrected chi connectivity index (χ1v) is 5.81. The molecule has 5 nitrogen and oxygen atoms in total. The highest BCUT2D eigenvalue weighted by Crippen LogP contribution is 2.24. The molecule has 0 radical (unpaired) electrons. The summed E-state index contributed by atoms with van der Waals surface area (Å²) in [4.78, 5) is 20.5. The summed E-state index contributed by atoms with van der Waals surface area (Å²) in [5.41, 5.74) is 0.100. The topological polar surface area (TPSA) is 69.4 Å². The molecule has 0 spiro atoms. The second-order valence-electron chi connectivity index (χ2n) is 4.15. The molecule has 0 aliphatic heterocycles. The summed E-state index contributed by atoms with van der Waals surface area (Å²) >= 11 is 0. The Bertz CT molecular complexity index is 680. The zero-order valence-corrected chi connectivity index (χ0v) is 10.6. The van der Waals surface area contributed by atoms with Gasteiger partial charge in [-0.05, 0) is 17.7 Å². The zero-order chi connectivity index (χ0) is 15.4. The first-order chi connectivity index (χ1) is 10.0. The number of aldehydes is 1. The van der Waals surface area contributed by atoms with E-state index in [1.807, 2.05) is 0 Å². The Morgan fingerprint density at radius 3 is 2.43 bits per heavy atom. The number of carbonyl (C=O) groups excluding carboxylic acids is 1. The van der Waals surface area contributed by atoms with Crippen LogP contribution in [0, 0.1) is 21.7 Å². The Morgan fingerprint density at radius 2 is 1.86 bits per heavy atom. The van der Waals surface area contributed by atoms with Crippen molar-refractivity contribution in [2.45, 2.75) is 6.61 Å². The molecular formula is C14H9F2NO4. The smallest absolute Gasteiger partial charge is 0.269 e. The molecule has 2 rings (SSSR count). The third-order valence-electron chi connectivity index (χ3n) is 2.66. The van der Waals surface area contributed by atoms with Crippen LogP contribution in [0.25, 0.3) is 0 Å². The first kappa shape index (κ1) is 14.6. The van der Waals surface area contributed by atoms with Crippen LogP contribution in [-0.4, -0.2) is 11.2 Å². The van der Waals surface area contributed by atoms with Crippen molar-refractivity contribution in [2.24, 2.45) is 0 Å². The number of halogens is 2.